The Morgan fingerprint density at radius 1 is 1.17 bits per heavy atom. The van der Waals surface area contributed by atoms with Crippen LogP contribution in [0.4, 0.5) is 0 Å². The Morgan fingerprint density at radius 2 is 2.09 bits per heavy atom. The van der Waals surface area contributed by atoms with Crippen molar-refractivity contribution in [3.05, 3.63) is 47.0 Å². The lowest BCUT2D eigenvalue weighted by Gasteiger charge is -2.24. The van der Waals surface area contributed by atoms with Crippen molar-refractivity contribution in [3.8, 4) is 33.2 Å². The summed E-state index contributed by atoms with van der Waals surface area (Å²) in [5.74, 6) is 1.05. The van der Waals surface area contributed by atoms with Gasteiger partial charge in [-0.15, -0.1) is 11.3 Å². The fourth-order valence-electron chi connectivity index (χ4n) is 4.77. The number of carbonyl (C=O) groups excluding carboxylic acids is 1. The molecule has 7 nitrogen and oxygen atoms in total. The van der Waals surface area contributed by atoms with Crippen LogP contribution >= 0.6 is 11.3 Å². The van der Waals surface area contributed by atoms with Gasteiger partial charge in [0.2, 0.25) is 0 Å². The fraction of sp³-hybridized carbons (Fsp3) is 0.444. The van der Waals surface area contributed by atoms with Crippen molar-refractivity contribution >= 4 is 17.3 Å². The van der Waals surface area contributed by atoms with Crippen LogP contribution in [0, 0.1) is 0 Å². The van der Waals surface area contributed by atoms with Crippen LogP contribution in [0.3, 0.4) is 0 Å². The number of rotatable bonds is 9. The molecular weight excluding hydrogens is 466 g/mol. The van der Waals surface area contributed by atoms with E-state index in [1.807, 2.05) is 30.5 Å². The Hall–Kier alpha value is -2.81. The number of esters is 1. The SMILES string of the molecule is CCOC(=O)c1cc(-c2cccs2)c2n1CCc1cc(OC)c(OCCOC3CCCCO3)cc1-2. The zero-order valence-corrected chi connectivity index (χ0v) is 21.0. The molecule has 186 valence electrons. The first-order chi connectivity index (χ1) is 17.2. The molecule has 0 saturated carbocycles. The second kappa shape index (κ2) is 10.8. The highest BCUT2D eigenvalue weighted by Crippen LogP contribution is 2.45. The summed E-state index contributed by atoms with van der Waals surface area (Å²) in [5, 5.41) is 2.05. The molecule has 0 spiro atoms. The number of carbonyl (C=O) groups is 1. The Morgan fingerprint density at radius 3 is 2.83 bits per heavy atom. The Labute approximate surface area is 209 Å². The average molecular weight is 498 g/mol. The Kier molecular flexibility index (Phi) is 7.41. The number of ether oxygens (including phenoxy) is 5. The van der Waals surface area contributed by atoms with Crippen LogP contribution in [0.25, 0.3) is 21.7 Å². The van der Waals surface area contributed by atoms with Gasteiger partial charge in [-0.25, -0.2) is 4.79 Å². The first-order valence-corrected chi connectivity index (χ1v) is 13.1. The molecule has 1 fully saturated rings. The second-order valence-corrected chi connectivity index (χ2v) is 9.51. The first kappa shape index (κ1) is 23.9. The van der Waals surface area contributed by atoms with Gasteiger partial charge in [0.25, 0.3) is 0 Å². The minimum absolute atomic E-state index is 0.143. The lowest BCUT2D eigenvalue weighted by molar-refractivity contribution is -0.165. The summed E-state index contributed by atoms with van der Waals surface area (Å²) in [6.45, 7) is 4.45. The highest BCUT2D eigenvalue weighted by molar-refractivity contribution is 7.13. The maximum atomic E-state index is 12.8. The smallest absolute Gasteiger partial charge is 0.354 e. The van der Waals surface area contributed by atoms with Crippen molar-refractivity contribution in [2.75, 3.05) is 33.5 Å². The molecule has 1 unspecified atom stereocenters. The average Bonchev–Trinajstić information content (AvgIpc) is 3.55. The molecule has 8 heteroatoms. The van der Waals surface area contributed by atoms with E-state index in [4.69, 9.17) is 23.7 Å². The van der Waals surface area contributed by atoms with E-state index in [1.54, 1.807) is 18.4 Å². The monoisotopic (exact) mass is 497 g/mol. The van der Waals surface area contributed by atoms with Crippen LogP contribution in [-0.4, -0.2) is 50.4 Å². The third kappa shape index (κ3) is 4.96. The molecule has 35 heavy (non-hydrogen) atoms. The molecule has 0 radical (unpaired) electrons. The van der Waals surface area contributed by atoms with E-state index in [9.17, 15) is 4.79 Å². The molecule has 2 aromatic heterocycles. The normalized spacial score (nSPS) is 16.9. The Bertz CT molecular complexity index is 1160. The van der Waals surface area contributed by atoms with Gasteiger partial charge < -0.3 is 28.3 Å². The summed E-state index contributed by atoms with van der Waals surface area (Å²) in [7, 11) is 1.66. The van der Waals surface area contributed by atoms with Crippen molar-refractivity contribution in [2.24, 2.45) is 0 Å². The van der Waals surface area contributed by atoms with Crippen LogP contribution in [0.5, 0.6) is 11.5 Å². The van der Waals surface area contributed by atoms with Gasteiger partial charge in [-0.05, 0) is 67.8 Å². The van der Waals surface area contributed by atoms with Gasteiger partial charge in [-0.3, -0.25) is 0 Å². The fourth-order valence-corrected chi connectivity index (χ4v) is 5.52. The summed E-state index contributed by atoms with van der Waals surface area (Å²) >= 11 is 1.65. The van der Waals surface area contributed by atoms with Gasteiger partial charge in [-0.2, -0.15) is 0 Å². The summed E-state index contributed by atoms with van der Waals surface area (Å²) in [4.78, 5) is 13.9. The number of aryl methyl sites for hydroxylation is 1. The van der Waals surface area contributed by atoms with Gasteiger partial charge in [0.15, 0.2) is 17.8 Å². The van der Waals surface area contributed by atoms with Crippen molar-refractivity contribution in [3.63, 3.8) is 0 Å². The van der Waals surface area contributed by atoms with E-state index in [0.29, 0.717) is 43.6 Å². The zero-order chi connectivity index (χ0) is 24.2. The van der Waals surface area contributed by atoms with E-state index in [0.717, 1.165) is 54.0 Å². The topological polar surface area (TPSA) is 68.2 Å². The minimum atomic E-state index is -0.299. The lowest BCUT2D eigenvalue weighted by Crippen LogP contribution is -2.24. The van der Waals surface area contributed by atoms with Gasteiger partial charge >= 0.3 is 5.97 Å². The number of methoxy groups -OCH3 is 1. The number of fused-ring (bicyclic) bond motifs is 3. The van der Waals surface area contributed by atoms with Crippen LogP contribution in [0.1, 0.15) is 42.2 Å². The van der Waals surface area contributed by atoms with Gasteiger partial charge in [0.1, 0.15) is 12.3 Å². The highest BCUT2D eigenvalue weighted by atomic mass is 32.1. The minimum Gasteiger partial charge on any atom is -0.493 e. The van der Waals surface area contributed by atoms with Crippen LogP contribution in [-0.2, 0) is 27.2 Å². The summed E-state index contributed by atoms with van der Waals surface area (Å²) in [5.41, 5.74) is 4.83. The molecule has 2 aliphatic rings. The van der Waals surface area contributed by atoms with Crippen molar-refractivity contribution in [1.29, 1.82) is 0 Å². The predicted octanol–water partition coefficient (Wildman–Crippen LogP) is 5.55. The molecule has 0 aliphatic carbocycles. The molecule has 3 aromatic rings. The number of hydrogen-bond donors (Lipinski definition) is 0. The zero-order valence-electron chi connectivity index (χ0n) is 20.2. The number of benzene rings is 1. The van der Waals surface area contributed by atoms with Gasteiger partial charge in [0.05, 0.1) is 26.0 Å². The maximum absolute atomic E-state index is 12.8. The van der Waals surface area contributed by atoms with Crippen molar-refractivity contribution in [2.45, 2.75) is 45.4 Å². The van der Waals surface area contributed by atoms with Crippen molar-refractivity contribution < 1.29 is 28.5 Å². The number of thiophene rings is 1. The van der Waals surface area contributed by atoms with Crippen LogP contribution < -0.4 is 9.47 Å². The standard InChI is InChI=1S/C27H31NO6S/c1-3-31-27(29)21-16-20(24-7-6-14-35-24)26-19-17-23(22(30-2)15-18(19)9-10-28(21)26)32-12-13-34-25-8-4-5-11-33-25/h6-7,14-17,25H,3-5,8-13H2,1-2H3. The third-order valence-corrected chi connectivity index (χ3v) is 7.30. The largest absolute Gasteiger partial charge is 0.493 e. The predicted molar refractivity (Wildman–Crippen MR) is 134 cm³/mol. The van der Waals surface area contributed by atoms with Gasteiger partial charge in [-0.1, -0.05) is 6.07 Å². The number of aromatic nitrogens is 1. The molecule has 0 amide bonds. The van der Waals surface area contributed by atoms with Crippen LogP contribution in [0.15, 0.2) is 35.7 Å². The third-order valence-electron chi connectivity index (χ3n) is 6.40. The molecule has 1 atom stereocenters. The molecule has 0 bridgehead atoms. The molecule has 5 rings (SSSR count). The Balaban J connectivity index is 1.46. The number of hydrogen-bond acceptors (Lipinski definition) is 7. The van der Waals surface area contributed by atoms with Gasteiger partial charge in [0, 0.05) is 29.2 Å². The summed E-state index contributed by atoms with van der Waals surface area (Å²) in [6.07, 6.45) is 3.79. The summed E-state index contributed by atoms with van der Waals surface area (Å²) in [6, 6.07) is 10.1. The van der Waals surface area contributed by atoms with E-state index in [1.165, 1.54) is 5.56 Å². The lowest BCUT2D eigenvalue weighted by atomic mass is 9.95. The molecule has 1 saturated heterocycles. The maximum Gasteiger partial charge on any atom is 0.354 e. The first-order valence-electron chi connectivity index (χ1n) is 12.2. The van der Waals surface area contributed by atoms with Crippen molar-refractivity contribution in [1.82, 2.24) is 4.57 Å². The van der Waals surface area contributed by atoms with E-state index >= 15 is 0 Å². The quantitative estimate of drug-likeness (QED) is 0.285. The molecule has 0 N–H and O–H groups in total. The van der Waals surface area contributed by atoms with E-state index < -0.39 is 0 Å². The molecule has 4 heterocycles. The summed E-state index contributed by atoms with van der Waals surface area (Å²) < 4.78 is 30.7. The molecule has 2 aliphatic heterocycles. The van der Waals surface area contributed by atoms with E-state index in [-0.39, 0.29) is 12.3 Å². The van der Waals surface area contributed by atoms with Crippen LogP contribution in [0.2, 0.25) is 0 Å². The highest BCUT2D eigenvalue weighted by Gasteiger charge is 2.29. The molecule has 1 aromatic carbocycles. The second-order valence-electron chi connectivity index (χ2n) is 8.57. The number of nitrogens with zero attached hydrogens (tertiary/aromatic N) is 1. The van der Waals surface area contributed by atoms with E-state index in [2.05, 4.69) is 16.7 Å². The molecular formula is C27H31NO6S.